The van der Waals surface area contributed by atoms with Crippen LogP contribution in [0.15, 0.2) is 24.3 Å². The van der Waals surface area contributed by atoms with Gasteiger partial charge in [0.05, 0.1) is 25.2 Å². The van der Waals surface area contributed by atoms with Gasteiger partial charge < -0.3 is 15.2 Å². The maximum atomic E-state index is 9.55. The molecule has 1 unspecified atom stereocenters. The summed E-state index contributed by atoms with van der Waals surface area (Å²) < 4.78 is 5.27. The zero-order valence-electron chi connectivity index (χ0n) is 13.1. The first kappa shape index (κ1) is 15.5. The molecule has 1 atom stereocenters. The molecule has 2 rings (SSSR count). The number of hydrogen-bond acceptors (Lipinski definition) is 3. The average molecular weight is 277 g/mol. The lowest BCUT2D eigenvalue weighted by Gasteiger charge is -2.42. The number of ether oxygens (including phenoxy) is 1. The normalized spacial score (nSPS) is 19.4. The number of aryl methyl sites for hydroxylation is 1. The first-order chi connectivity index (χ1) is 9.36. The van der Waals surface area contributed by atoms with Gasteiger partial charge in [-0.2, -0.15) is 0 Å². The van der Waals surface area contributed by atoms with Crippen LogP contribution in [0.1, 0.15) is 37.9 Å². The van der Waals surface area contributed by atoms with Gasteiger partial charge in [0.1, 0.15) is 0 Å². The van der Waals surface area contributed by atoms with Crippen molar-refractivity contribution in [2.45, 2.75) is 33.7 Å². The molecular formula is C17H27NO2. The Hall–Kier alpha value is -0.900. The van der Waals surface area contributed by atoms with Gasteiger partial charge in [-0.1, -0.05) is 50.6 Å². The van der Waals surface area contributed by atoms with Crippen LogP contribution in [0.3, 0.4) is 0 Å². The highest BCUT2D eigenvalue weighted by Gasteiger charge is 2.39. The molecule has 2 N–H and O–H groups in total. The number of aliphatic hydroxyl groups excluding tert-OH is 1. The minimum atomic E-state index is -0.0900. The summed E-state index contributed by atoms with van der Waals surface area (Å²) in [4.78, 5) is 0. The number of aliphatic hydroxyl groups is 1. The topological polar surface area (TPSA) is 41.5 Å². The largest absolute Gasteiger partial charge is 0.396 e. The third-order valence-corrected chi connectivity index (χ3v) is 4.07. The molecule has 0 amide bonds. The summed E-state index contributed by atoms with van der Waals surface area (Å²) in [6.45, 7) is 11.1. The molecule has 1 aliphatic rings. The summed E-state index contributed by atoms with van der Waals surface area (Å²) in [5.74, 6) is 0. The Morgan fingerprint density at radius 2 is 2.05 bits per heavy atom. The highest BCUT2D eigenvalue weighted by molar-refractivity contribution is 5.26. The van der Waals surface area contributed by atoms with Crippen molar-refractivity contribution in [3.8, 4) is 0 Å². The van der Waals surface area contributed by atoms with Crippen LogP contribution in [0.4, 0.5) is 0 Å². The van der Waals surface area contributed by atoms with Crippen LogP contribution >= 0.6 is 0 Å². The lowest BCUT2D eigenvalue weighted by atomic mass is 9.80. The van der Waals surface area contributed by atoms with Crippen LogP contribution < -0.4 is 5.32 Å². The summed E-state index contributed by atoms with van der Waals surface area (Å²) in [7, 11) is 0. The van der Waals surface area contributed by atoms with Gasteiger partial charge in [0.15, 0.2) is 0 Å². The van der Waals surface area contributed by atoms with Crippen LogP contribution in [-0.4, -0.2) is 31.5 Å². The average Bonchev–Trinajstić information content (AvgIpc) is 2.31. The van der Waals surface area contributed by atoms with Gasteiger partial charge in [-0.15, -0.1) is 0 Å². The van der Waals surface area contributed by atoms with Crippen molar-refractivity contribution in [2.24, 2.45) is 10.8 Å². The van der Waals surface area contributed by atoms with Crippen molar-refractivity contribution in [2.75, 3.05) is 26.4 Å². The minimum absolute atomic E-state index is 0.0900. The minimum Gasteiger partial charge on any atom is -0.396 e. The van der Waals surface area contributed by atoms with E-state index in [2.05, 4.69) is 57.3 Å². The maximum absolute atomic E-state index is 9.55. The molecule has 0 saturated carbocycles. The second-order valence-corrected chi connectivity index (χ2v) is 7.24. The predicted octanol–water partition coefficient (Wildman–Crippen LogP) is 2.68. The van der Waals surface area contributed by atoms with Crippen molar-refractivity contribution in [3.05, 3.63) is 35.4 Å². The van der Waals surface area contributed by atoms with E-state index in [1.165, 1.54) is 11.1 Å². The van der Waals surface area contributed by atoms with Crippen molar-refractivity contribution in [1.82, 2.24) is 5.32 Å². The lowest BCUT2D eigenvalue weighted by Crippen LogP contribution is -2.53. The molecule has 3 heteroatoms. The zero-order valence-corrected chi connectivity index (χ0v) is 13.1. The fraction of sp³-hybridized carbons (Fsp3) is 0.647. The molecule has 0 aliphatic carbocycles. The molecule has 1 aromatic rings. The Labute approximate surface area is 122 Å². The summed E-state index contributed by atoms with van der Waals surface area (Å²) in [6, 6.07) is 8.92. The third kappa shape index (κ3) is 3.40. The molecule has 0 spiro atoms. The van der Waals surface area contributed by atoms with E-state index < -0.39 is 0 Å². The molecule has 0 bridgehead atoms. The summed E-state index contributed by atoms with van der Waals surface area (Å²) >= 11 is 0. The highest BCUT2D eigenvalue weighted by Crippen LogP contribution is 2.35. The summed E-state index contributed by atoms with van der Waals surface area (Å²) in [5.41, 5.74) is 2.62. The van der Waals surface area contributed by atoms with E-state index >= 15 is 0 Å². The number of hydrogen-bond donors (Lipinski definition) is 2. The molecule has 1 heterocycles. The molecule has 3 nitrogen and oxygen atoms in total. The highest BCUT2D eigenvalue weighted by atomic mass is 16.5. The molecule has 20 heavy (non-hydrogen) atoms. The maximum Gasteiger partial charge on any atom is 0.0579 e. The van der Waals surface area contributed by atoms with E-state index in [0.717, 1.165) is 6.54 Å². The number of nitrogens with one attached hydrogen (secondary N) is 1. The van der Waals surface area contributed by atoms with Gasteiger partial charge in [0, 0.05) is 12.6 Å². The quantitative estimate of drug-likeness (QED) is 0.869. The van der Waals surface area contributed by atoms with Crippen molar-refractivity contribution < 1.29 is 9.84 Å². The molecular weight excluding hydrogens is 250 g/mol. The molecule has 1 fully saturated rings. The Morgan fingerprint density at radius 1 is 1.35 bits per heavy atom. The van der Waals surface area contributed by atoms with Gasteiger partial charge in [-0.3, -0.25) is 0 Å². The van der Waals surface area contributed by atoms with Crippen molar-refractivity contribution in [1.29, 1.82) is 0 Å². The second kappa shape index (κ2) is 5.84. The Morgan fingerprint density at radius 3 is 2.50 bits per heavy atom. The molecule has 0 aromatic heterocycles. The molecule has 1 saturated heterocycles. The van der Waals surface area contributed by atoms with Crippen LogP contribution in [0, 0.1) is 17.8 Å². The van der Waals surface area contributed by atoms with E-state index in [9.17, 15) is 5.11 Å². The smallest absolute Gasteiger partial charge is 0.0579 e. The Bertz CT molecular complexity index is 441. The van der Waals surface area contributed by atoms with E-state index in [4.69, 9.17) is 4.74 Å². The second-order valence-electron chi connectivity index (χ2n) is 7.24. The van der Waals surface area contributed by atoms with E-state index in [1.54, 1.807) is 0 Å². The van der Waals surface area contributed by atoms with Crippen molar-refractivity contribution >= 4 is 0 Å². The van der Waals surface area contributed by atoms with Gasteiger partial charge in [-0.25, -0.2) is 0 Å². The monoisotopic (exact) mass is 277 g/mol. The molecule has 1 aliphatic heterocycles. The van der Waals surface area contributed by atoms with Crippen LogP contribution in [0.2, 0.25) is 0 Å². The van der Waals surface area contributed by atoms with Crippen LogP contribution in [0.5, 0.6) is 0 Å². The van der Waals surface area contributed by atoms with Crippen LogP contribution in [-0.2, 0) is 4.74 Å². The molecule has 0 radical (unpaired) electrons. The van der Waals surface area contributed by atoms with Gasteiger partial charge in [-0.05, 0) is 17.9 Å². The molecule has 112 valence electrons. The van der Waals surface area contributed by atoms with E-state index in [0.29, 0.717) is 13.2 Å². The van der Waals surface area contributed by atoms with Crippen LogP contribution in [0.25, 0.3) is 0 Å². The first-order valence-corrected chi connectivity index (χ1v) is 7.35. The third-order valence-electron chi connectivity index (χ3n) is 4.07. The standard InChI is InChI=1S/C17H27NO2/c1-13-6-5-7-14(8-13)15(16(2,3)4)18-9-17(10-19)11-20-12-17/h5-8,15,18-19H,9-12H2,1-4H3. The Balaban J connectivity index is 2.13. The summed E-state index contributed by atoms with van der Waals surface area (Å²) in [6.07, 6.45) is 0. The number of rotatable bonds is 5. The fourth-order valence-corrected chi connectivity index (χ4v) is 2.73. The first-order valence-electron chi connectivity index (χ1n) is 7.35. The van der Waals surface area contributed by atoms with Gasteiger partial charge in [0.2, 0.25) is 0 Å². The summed E-state index contributed by atoms with van der Waals surface area (Å²) in [5, 5.41) is 13.2. The fourth-order valence-electron chi connectivity index (χ4n) is 2.73. The zero-order chi connectivity index (χ0) is 14.8. The molecule has 1 aromatic carbocycles. The SMILES string of the molecule is Cc1cccc(C(NCC2(CO)COC2)C(C)(C)C)c1. The van der Waals surface area contributed by atoms with Gasteiger partial charge >= 0.3 is 0 Å². The lowest BCUT2D eigenvalue weighted by molar-refractivity contribution is -0.136. The van der Waals surface area contributed by atoms with Gasteiger partial charge in [0.25, 0.3) is 0 Å². The van der Waals surface area contributed by atoms with E-state index in [-0.39, 0.29) is 23.5 Å². The predicted molar refractivity (Wildman–Crippen MR) is 81.7 cm³/mol. The number of benzene rings is 1. The van der Waals surface area contributed by atoms with Crippen molar-refractivity contribution in [3.63, 3.8) is 0 Å². The van der Waals surface area contributed by atoms with E-state index in [1.807, 2.05) is 0 Å². The Kier molecular flexibility index (Phi) is 4.52.